The van der Waals surface area contributed by atoms with Crippen LogP contribution in [0.25, 0.3) is 0 Å². The predicted octanol–water partition coefficient (Wildman–Crippen LogP) is 3.56. The fourth-order valence-electron chi connectivity index (χ4n) is 3.27. The molecular formula is C16H32N2. The molecule has 0 radical (unpaired) electrons. The summed E-state index contributed by atoms with van der Waals surface area (Å²) in [6, 6.07) is 2.46. The van der Waals surface area contributed by atoms with Crippen molar-refractivity contribution in [1.82, 2.24) is 10.2 Å². The summed E-state index contributed by atoms with van der Waals surface area (Å²) in [5.74, 6) is 0. The van der Waals surface area contributed by atoms with Gasteiger partial charge in [-0.15, -0.1) is 0 Å². The normalized spacial score (nSPS) is 23.5. The summed E-state index contributed by atoms with van der Waals surface area (Å²) in [5.41, 5.74) is 0. The van der Waals surface area contributed by atoms with Crippen molar-refractivity contribution in [3.63, 3.8) is 0 Å². The molecule has 106 valence electrons. The van der Waals surface area contributed by atoms with Crippen molar-refractivity contribution in [2.75, 3.05) is 13.1 Å². The van der Waals surface area contributed by atoms with Gasteiger partial charge in [-0.25, -0.2) is 0 Å². The van der Waals surface area contributed by atoms with Crippen molar-refractivity contribution < 1.29 is 0 Å². The molecule has 0 aromatic heterocycles. The minimum atomic E-state index is 0.728. The minimum absolute atomic E-state index is 0.728. The van der Waals surface area contributed by atoms with E-state index in [1.807, 2.05) is 0 Å². The Morgan fingerprint density at radius 3 is 2.44 bits per heavy atom. The molecule has 0 aliphatic heterocycles. The highest BCUT2D eigenvalue weighted by Gasteiger charge is 2.31. The lowest BCUT2D eigenvalue weighted by molar-refractivity contribution is 0.184. The fourth-order valence-corrected chi connectivity index (χ4v) is 3.27. The first-order chi connectivity index (χ1) is 8.81. The second kappa shape index (κ2) is 7.49. The van der Waals surface area contributed by atoms with Crippen molar-refractivity contribution >= 4 is 0 Å². The van der Waals surface area contributed by atoms with E-state index in [4.69, 9.17) is 0 Å². The van der Waals surface area contributed by atoms with Gasteiger partial charge in [0.1, 0.15) is 0 Å². The van der Waals surface area contributed by atoms with Gasteiger partial charge >= 0.3 is 0 Å². The Morgan fingerprint density at radius 1 is 1.11 bits per heavy atom. The van der Waals surface area contributed by atoms with Gasteiger partial charge in [0.25, 0.3) is 0 Å². The van der Waals surface area contributed by atoms with Crippen LogP contribution in [0.5, 0.6) is 0 Å². The highest BCUT2D eigenvalue weighted by atomic mass is 15.2. The molecule has 1 N–H and O–H groups in total. The number of hydrogen-bond donors (Lipinski definition) is 1. The van der Waals surface area contributed by atoms with E-state index in [2.05, 4.69) is 24.1 Å². The molecule has 2 fully saturated rings. The van der Waals surface area contributed by atoms with Crippen LogP contribution in [0.2, 0.25) is 0 Å². The SMILES string of the molecule is CCCCN(C(C)CNC1CCCCC1)C1CC1. The zero-order valence-electron chi connectivity index (χ0n) is 12.5. The quantitative estimate of drug-likeness (QED) is 0.710. The van der Waals surface area contributed by atoms with Gasteiger partial charge in [-0.3, -0.25) is 4.90 Å². The number of hydrogen-bond acceptors (Lipinski definition) is 2. The van der Waals surface area contributed by atoms with E-state index in [0.717, 1.165) is 18.1 Å². The van der Waals surface area contributed by atoms with Crippen LogP contribution >= 0.6 is 0 Å². The summed E-state index contributed by atoms with van der Waals surface area (Å²) < 4.78 is 0. The Bertz CT molecular complexity index is 219. The van der Waals surface area contributed by atoms with E-state index in [1.54, 1.807) is 0 Å². The van der Waals surface area contributed by atoms with Crippen LogP contribution in [0.15, 0.2) is 0 Å². The van der Waals surface area contributed by atoms with Crippen LogP contribution in [0.4, 0.5) is 0 Å². The molecule has 18 heavy (non-hydrogen) atoms. The average Bonchev–Trinajstić information content (AvgIpc) is 3.22. The highest BCUT2D eigenvalue weighted by molar-refractivity contribution is 4.88. The van der Waals surface area contributed by atoms with Crippen LogP contribution in [0.1, 0.15) is 71.6 Å². The summed E-state index contributed by atoms with van der Waals surface area (Å²) >= 11 is 0. The van der Waals surface area contributed by atoms with Gasteiger partial charge in [-0.1, -0.05) is 32.6 Å². The summed E-state index contributed by atoms with van der Waals surface area (Å²) in [5, 5.41) is 3.82. The summed E-state index contributed by atoms with van der Waals surface area (Å²) in [6.45, 7) is 7.24. The topological polar surface area (TPSA) is 15.3 Å². The molecule has 2 rings (SSSR count). The first kappa shape index (κ1) is 14.3. The molecule has 2 aliphatic carbocycles. The van der Waals surface area contributed by atoms with Crippen molar-refractivity contribution in [1.29, 1.82) is 0 Å². The van der Waals surface area contributed by atoms with Gasteiger partial charge in [-0.05, 0) is 45.6 Å². The summed E-state index contributed by atoms with van der Waals surface area (Å²) in [4.78, 5) is 2.76. The van der Waals surface area contributed by atoms with Crippen LogP contribution < -0.4 is 5.32 Å². The minimum Gasteiger partial charge on any atom is -0.312 e. The third kappa shape index (κ3) is 4.55. The average molecular weight is 252 g/mol. The Labute approximate surface area is 114 Å². The summed E-state index contributed by atoms with van der Waals surface area (Å²) in [6.07, 6.45) is 12.7. The Morgan fingerprint density at radius 2 is 1.83 bits per heavy atom. The molecule has 0 spiro atoms. The Balaban J connectivity index is 1.68. The third-order valence-corrected chi connectivity index (χ3v) is 4.66. The lowest BCUT2D eigenvalue weighted by Crippen LogP contribution is -2.45. The van der Waals surface area contributed by atoms with E-state index in [9.17, 15) is 0 Å². The second-order valence-electron chi connectivity index (χ2n) is 6.41. The number of nitrogens with zero attached hydrogens (tertiary/aromatic N) is 1. The van der Waals surface area contributed by atoms with Crippen LogP contribution in [0.3, 0.4) is 0 Å². The standard InChI is InChI=1S/C16H32N2/c1-3-4-12-18(16-10-11-16)14(2)13-17-15-8-6-5-7-9-15/h14-17H,3-13H2,1-2H3. The third-order valence-electron chi connectivity index (χ3n) is 4.66. The van der Waals surface area contributed by atoms with Crippen LogP contribution in [-0.2, 0) is 0 Å². The van der Waals surface area contributed by atoms with Gasteiger partial charge < -0.3 is 5.32 Å². The van der Waals surface area contributed by atoms with E-state index < -0.39 is 0 Å². The van der Waals surface area contributed by atoms with Gasteiger partial charge in [0.2, 0.25) is 0 Å². The molecular weight excluding hydrogens is 220 g/mol. The van der Waals surface area contributed by atoms with Gasteiger partial charge in [0.15, 0.2) is 0 Å². The lowest BCUT2D eigenvalue weighted by Gasteiger charge is -2.31. The Hall–Kier alpha value is -0.0800. The Kier molecular flexibility index (Phi) is 5.97. The van der Waals surface area contributed by atoms with Gasteiger partial charge in [-0.2, -0.15) is 0 Å². The zero-order chi connectivity index (χ0) is 12.8. The fraction of sp³-hybridized carbons (Fsp3) is 1.00. The molecule has 2 nitrogen and oxygen atoms in total. The number of nitrogens with one attached hydrogen (secondary N) is 1. The molecule has 2 heteroatoms. The van der Waals surface area contributed by atoms with Crippen LogP contribution in [0, 0.1) is 0 Å². The second-order valence-corrected chi connectivity index (χ2v) is 6.41. The zero-order valence-corrected chi connectivity index (χ0v) is 12.5. The molecule has 0 aromatic rings. The lowest BCUT2D eigenvalue weighted by atomic mass is 9.95. The molecule has 1 atom stereocenters. The van der Waals surface area contributed by atoms with E-state index >= 15 is 0 Å². The maximum atomic E-state index is 3.82. The smallest absolute Gasteiger partial charge is 0.0195 e. The number of unbranched alkanes of at least 4 members (excludes halogenated alkanes) is 1. The van der Waals surface area contributed by atoms with Crippen molar-refractivity contribution in [2.24, 2.45) is 0 Å². The molecule has 0 saturated heterocycles. The molecule has 1 unspecified atom stereocenters. The molecule has 0 aromatic carbocycles. The molecule has 2 aliphatic rings. The maximum absolute atomic E-state index is 3.82. The van der Waals surface area contributed by atoms with E-state index in [-0.39, 0.29) is 0 Å². The molecule has 0 heterocycles. The first-order valence-corrected chi connectivity index (χ1v) is 8.30. The van der Waals surface area contributed by atoms with Crippen molar-refractivity contribution in [2.45, 2.75) is 89.8 Å². The summed E-state index contributed by atoms with van der Waals surface area (Å²) in [7, 11) is 0. The van der Waals surface area contributed by atoms with E-state index in [0.29, 0.717) is 0 Å². The van der Waals surface area contributed by atoms with Gasteiger partial charge in [0.05, 0.1) is 0 Å². The monoisotopic (exact) mass is 252 g/mol. The first-order valence-electron chi connectivity index (χ1n) is 8.30. The molecule has 0 bridgehead atoms. The molecule has 0 amide bonds. The maximum Gasteiger partial charge on any atom is 0.0195 e. The van der Waals surface area contributed by atoms with Gasteiger partial charge in [0, 0.05) is 24.7 Å². The van der Waals surface area contributed by atoms with Crippen molar-refractivity contribution in [3.05, 3.63) is 0 Å². The molecule has 2 saturated carbocycles. The number of rotatable bonds is 8. The van der Waals surface area contributed by atoms with E-state index in [1.165, 1.54) is 70.9 Å². The largest absolute Gasteiger partial charge is 0.312 e. The predicted molar refractivity (Wildman–Crippen MR) is 79.0 cm³/mol. The highest BCUT2D eigenvalue weighted by Crippen LogP contribution is 2.29. The van der Waals surface area contributed by atoms with Crippen LogP contribution in [-0.4, -0.2) is 36.1 Å². The van der Waals surface area contributed by atoms with Crippen molar-refractivity contribution in [3.8, 4) is 0 Å².